The van der Waals surface area contributed by atoms with Gasteiger partial charge in [0.05, 0.1) is 11.5 Å². The lowest BCUT2D eigenvalue weighted by molar-refractivity contribution is 0.312. The van der Waals surface area contributed by atoms with E-state index in [0.29, 0.717) is 18.1 Å². The number of ether oxygens (including phenoxy) is 1. The summed E-state index contributed by atoms with van der Waals surface area (Å²) in [5, 5.41) is 8.87. The molecule has 2 aromatic rings. The van der Waals surface area contributed by atoms with Crippen molar-refractivity contribution in [2.45, 2.75) is 11.3 Å². The molecular weight excluding hydrogens is 326 g/mol. The number of hydrogen-bond acceptors (Lipinski definition) is 6. The van der Waals surface area contributed by atoms with E-state index in [4.69, 9.17) is 10.00 Å². The summed E-state index contributed by atoms with van der Waals surface area (Å²) in [4.78, 5) is 6.25. The molecular formula is C17H19N3O3S. The third-order valence-corrected chi connectivity index (χ3v) is 4.59. The zero-order chi connectivity index (χ0) is 17.6. The fraction of sp³-hybridized carbons (Fsp3) is 0.294. The van der Waals surface area contributed by atoms with Gasteiger partial charge in [0.1, 0.15) is 17.5 Å². The molecule has 0 N–H and O–H groups in total. The van der Waals surface area contributed by atoms with Gasteiger partial charge in [0.15, 0.2) is 9.84 Å². The van der Waals surface area contributed by atoms with Crippen molar-refractivity contribution >= 4 is 15.5 Å². The highest BCUT2D eigenvalue weighted by Gasteiger charge is 2.07. The van der Waals surface area contributed by atoms with Crippen molar-refractivity contribution < 1.29 is 13.2 Å². The highest BCUT2D eigenvalue weighted by molar-refractivity contribution is 7.90. The Balaban J connectivity index is 1.81. The smallest absolute Gasteiger partial charge is 0.175 e. The standard InChI is InChI=1S/C17H19N3O3S/c1-20(15-8-9-19-14(12-15)13-18)10-3-11-23-16-4-6-17(7-5-16)24(2,21)22/h4-9,12H,3,10-11H2,1-2H3. The molecule has 0 saturated heterocycles. The molecule has 0 fully saturated rings. The lowest BCUT2D eigenvalue weighted by Crippen LogP contribution is -2.20. The monoisotopic (exact) mass is 345 g/mol. The third kappa shape index (κ3) is 4.96. The number of benzene rings is 1. The number of pyridine rings is 1. The Morgan fingerprint density at radius 2 is 1.96 bits per heavy atom. The molecule has 24 heavy (non-hydrogen) atoms. The molecule has 0 unspecified atom stereocenters. The van der Waals surface area contributed by atoms with Crippen LogP contribution in [0.1, 0.15) is 12.1 Å². The fourth-order valence-corrected chi connectivity index (χ4v) is 2.75. The van der Waals surface area contributed by atoms with Crippen LogP contribution in [0.15, 0.2) is 47.5 Å². The van der Waals surface area contributed by atoms with Crippen molar-refractivity contribution in [3.63, 3.8) is 0 Å². The molecule has 1 aromatic carbocycles. The van der Waals surface area contributed by atoms with E-state index in [0.717, 1.165) is 18.7 Å². The Morgan fingerprint density at radius 1 is 1.25 bits per heavy atom. The minimum Gasteiger partial charge on any atom is -0.494 e. The van der Waals surface area contributed by atoms with Gasteiger partial charge in [-0.15, -0.1) is 0 Å². The maximum absolute atomic E-state index is 11.4. The van der Waals surface area contributed by atoms with Gasteiger partial charge in [-0.1, -0.05) is 0 Å². The van der Waals surface area contributed by atoms with E-state index in [1.165, 1.54) is 18.4 Å². The zero-order valence-electron chi connectivity index (χ0n) is 13.6. The molecule has 0 aliphatic heterocycles. The maximum Gasteiger partial charge on any atom is 0.175 e. The molecule has 2 rings (SSSR count). The number of nitriles is 1. The number of sulfone groups is 1. The Labute approximate surface area is 142 Å². The molecule has 0 saturated carbocycles. The maximum atomic E-state index is 11.4. The van der Waals surface area contributed by atoms with Gasteiger partial charge in [0.25, 0.3) is 0 Å². The van der Waals surface area contributed by atoms with Gasteiger partial charge in [-0.3, -0.25) is 0 Å². The molecule has 6 nitrogen and oxygen atoms in total. The Kier molecular flexibility index (Phi) is 5.77. The summed E-state index contributed by atoms with van der Waals surface area (Å²) >= 11 is 0. The normalized spacial score (nSPS) is 10.9. The summed E-state index contributed by atoms with van der Waals surface area (Å²) in [5.41, 5.74) is 1.32. The second kappa shape index (κ2) is 7.79. The average Bonchev–Trinajstić information content (AvgIpc) is 2.58. The summed E-state index contributed by atoms with van der Waals surface area (Å²) in [6, 6.07) is 12.0. The van der Waals surface area contributed by atoms with Crippen molar-refractivity contribution in [2.75, 3.05) is 31.4 Å². The summed E-state index contributed by atoms with van der Waals surface area (Å²) in [6.07, 6.45) is 3.58. The molecule has 0 spiro atoms. The molecule has 0 atom stereocenters. The highest BCUT2D eigenvalue weighted by Crippen LogP contribution is 2.16. The third-order valence-electron chi connectivity index (χ3n) is 3.46. The minimum absolute atomic E-state index is 0.278. The summed E-state index contributed by atoms with van der Waals surface area (Å²) in [6.45, 7) is 1.27. The van der Waals surface area contributed by atoms with E-state index >= 15 is 0 Å². The van der Waals surface area contributed by atoms with Crippen LogP contribution in [0.25, 0.3) is 0 Å². The van der Waals surface area contributed by atoms with Crippen LogP contribution in [0, 0.1) is 11.3 Å². The lowest BCUT2D eigenvalue weighted by atomic mass is 10.3. The molecule has 0 amide bonds. The number of hydrogen-bond donors (Lipinski definition) is 0. The summed E-state index contributed by atoms with van der Waals surface area (Å²) in [7, 11) is -1.24. The first-order valence-electron chi connectivity index (χ1n) is 7.40. The molecule has 1 aromatic heterocycles. The number of anilines is 1. The summed E-state index contributed by atoms with van der Waals surface area (Å²) in [5.74, 6) is 0.640. The first-order chi connectivity index (χ1) is 11.4. The number of nitrogens with zero attached hydrogens (tertiary/aromatic N) is 3. The van der Waals surface area contributed by atoms with Crippen LogP contribution in [0.2, 0.25) is 0 Å². The van der Waals surface area contributed by atoms with Gasteiger partial charge in [-0.05, 0) is 42.8 Å². The highest BCUT2D eigenvalue weighted by atomic mass is 32.2. The molecule has 7 heteroatoms. The first kappa shape index (κ1) is 17.8. The van der Waals surface area contributed by atoms with Crippen LogP contribution in [-0.2, 0) is 9.84 Å². The van der Waals surface area contributed by atoms with Gasteiger partial charge < -0.3 is 9.64 Å². The average molecular weight is 345 g/mol. The second-order valence-corrected chi connectivity index (χ2v) is 7.39. The van der Waals surface area contributed by atoms with Gasteiger partial charge in [-0.2, -0.15) is 5.26 Å². The van der Waals surface area contributed by atoms with E-state index in [2.05, 4.69) is 4.98 Å². The molecule has 1 heterocycles. The van der Waals surface area contributed by atoms with Crippen molar-refractivity contribution in [1.29, 1.82) is 5.26 Å². The van der Waals surface area contributed by atoms with Gasteiger partial charge in [0, 0.05) is 31.7 Å². The van der Waals surface area contributed by atoms with E-state index in [1.807, 2.05) is 24.1 Å². The van der Waals surface area contributed by atoms with Crippen LogP contribution in [-0.4, -0.2) is 39.9 Å². The fourth-order valence-electron chi connectivity index (χ4n) is 2.12. The van der Waals surface area contributed by atoms with E-state index in [9.17, 15) is 8.42 Å². The van der Waals surface area contributed by atoms with Crippen molar-refractivity contribution in [2.24, 2.45) is 0 Å². The summed E-state index contributed by atoms with van der Waals surface area (Å²) < 4.78 is 28.4. The quantitative estimate of drug-likeness (QED) is 0.716. The van der Waals surface area contributed by atoms with E-state index in [1.54, 1.807) is 24.4 Å². The number of rotatable bonds is 7. The largest absolute Gasteiger partial charge is 0.494 e. The molecule has 0 aliphatic carbocycles. The molecule has 0 aliphatic rings. The predicted octanol–water partition coefficient (Wildman–Crippen LogP) is 2.26. The van der Waals surface area contributed by atoms with Crippen molar-refractivity contribution in [3.05, 3.63) is 48.3 Å². The van der Waals surface area contributed by atoms with E-state index < -0.39 is 9.84 Å². The van der Waals surface area contributed by atoms with Crippen LogP contribution in [0.5, 0.6) is 5.75 Å². The van der Waals surface area contributed by atoms with Crippen molar-refractivity contribution in [3.8, 4) is 11.8 Å². The number of aromatic nitrogens is 1. The van der Waals surface area contributed by atoms with Crippen LogP contribution < -0.4 is 9.64 Å². The Bertz CT molecular complexity index is 827. The van der Waals surface area contributed by atoms with Crippen LogP contribution >= 0.6 is 0 Å². The second-order valence-electron chi connectivity index (χ2n) is 5.38. The molecule has 0 radical (unpaired) electrons. The van der Waals surface area contributed by atoms with E-state index in [-0.39, 0.29) is 4.90 Å². The zero-order valence-corrected chi connectivity index (χ0v) is 14.5. The predicted molar refractivity (Wildman–Crippen MR) is 91.9 cm³/mol. The Hall–Kier alpha value is -2.59. The van der Waals surface area contributed by atoms with Crippen LogP contribution in [0.4, 0.5) is 5.69 Å². The SMILES string of the molecule is CN(CCCOc1ccc(S(C)(=O)=O)cc1)c1ccnc(C#N)c1. The molecule has 126 valence electrons. The van der Waals surface area contributed by atoms with Crippen LogP contribution in [0.3, 0.4) is 0 Å². The topological polar surface area (TPSA) is 83.3 Å². The van der Waals surface area contributed by atoms with Crippen molar-refractivity contribution in [1.82, 2.24) is 4.98 Å². The Morgan fingerprint density at radius 3 is 2.58 bits per heavy atom. The first-order valence-corrected chi connectivity index (χ1v) is 9.29. The van der Waals surface area contributed by atoms with Gasteiger partial charge >= 0.3 is 0 Å². The van der Waals surface area contributed by atoms with Gasteiger partial charge in [-0.25, -0.2) is 13.4 Å². The minimum atomic E-state index is -3.18. The lowest BCUT2D eigenvalue weighted by Gasteiger charge is -2.19. The van der Waals surface area contributed by atoms with Gasteiger partial charge in [0.2, 0.25) is 0 Å². The molecule has 0 bridgehead atoms.